The van der Waals surface area contributed by atoms with Crippen LogP contribution in [0.15, 0.2) is 48.8 Å². The predicted octanol–water partition coefficient (Wildman–Crippen LogP) is 6.10. The van der Waals surface area contributed by atoms with Gasteiger partial charge < -0.3 is 10.1 Å². The summed E-state index contributed by atoms with van der Waals surface area (Å²) < 4.78 is 5.99. The number of anilines is 1. The summed E-state index contributed by atoms with van der Waals surface area (Å²) in [5, 5.41) is 3.12. The SMILES string of the molecule is CC.Cc1cc2c(cc1-c1cnc(NC(=O)c3ccccc3Cl)cn1)CC(C)(C)O2. The highest BCUT2D eigenvalue weighted by atomic mass is 35.5. The molecule has 0 spiro atoms. The van der Waals surface area contributed by atoms with Crippen molar-refractivity contribution in [2.75, 3.05) is 5.32 Å². The van der Waals surface area contributed by atoms with Crippen LogP contribution in [0, 0.1) is 6.92 Å². The van der Waals surface area contributed by atoms with Crippen LogP contribution in [-0.4, -0.2) is 21.5 Å². The number of carbonyl (C=O) groups excluding carboxylic acids is 1. The van der Waals surface area contributed by atoms with Crippen LogP contribution in [0.5, 0.6) is 5.75 Å². The Hall–Kier alpha value is -2.92. The van der Waals surface area contributed by atoms with Gasteiger partial charge in [0.15, 0.2) is 5.82 Å². The number of aryl methyl sites for hydroxylation is 1. The standard InChI is InChI=1S/C22H20ClN3O2.C2H6/c1-13-8-19-14(10-22(2,3)28-19)9-16(13)18-11-25-20(12-24-18)26-21(27)15-6-4-5-7-17(15)23;1-2/h4-9,11-12H,10H2,1-3H3,(H,25,26,27);1-2H3. The van der Waals surface area contributed by atoms with E-state index in [4.69, 9.17) is 16.3 Å². The van der Waals surface area contributed by atoms with Gasteiger partial charge in [-0.2, -0.15) is 0 Å². The molecule has 0 saturated heterocycles. The number of carbonyl (C=O) groups is 1. The maximum atomic E-state index is 12.4. The molecule has 30 heavy (non-hydrogen) atoms. The summed E-state index contributed by atoms with van der Waals surface area (Å²) in [6.45, 7) is 10.2. The Morgan fingerprint density at radius 2 is 1.87 bits per heavy atom. The van der Waals surface area contributed by atoms with Gasteiger partial charge in [-0.25, -0.2) is 4.98 Å². The molecular formula is C24H26ClN3O2. The Labute approximate surface area is 182 Å². The van der Waals surface area contributed by atoms with Gasteiger partial charge in [0.1, 0.15) is 11.4 Å². The van der Waals surface area contributed by atoms with E-state index in [9.17, 15) is 4.79 Å². The second-order valence-electron chi connectivity index (χ2n) is 7.53. The zero-order chi connectivity index (χ0) is 21.9. The molecular weight excluding hydrogens is 398 g/mol. The Balaban J connectivity index is 0.00000124. The molecule has 3 aromatic rings. The number of ether oxygens (including phenoxy) is 1. The second-order valence-corrected chi connectivity index (χ2v) is 7.94. The van der Waals surface area contributed by atoms with Crippen LogP contribution in [0.4, 0.5) is 5.82 Å². The van der Waals surface area contributed by atoms with E-state index in [1.165, 1.54) is 5.56 Å². The van der Waals surface area contributed by atoms with Crippen molar-refractivity contribution < 1.29 is 9.53 Å². The summed E-state index contributed by atoms with van der Waals surface area (Å²) in [5.41, 5.74) is 4.21. The normalized spacial score (nSPS) is 13.5. The highest BCUT2D eigenvalue weighted by Crippen LogP contribution is 2.38. The molecule has 0 radical (unpaired) electrons. The average molecular weight is 424 g/mol. The molecule has 1 aliphatic heterocycles. The smallest absolute Gasteiger partial charge is 0.258 e. The molecule has 0 unspecified atom stereocenters. The molecule has 156 valence electrons. The number of halogens is 1. The maximum Gasteiger partial charge on any atom is 0.258 e. The van der Waals surface area contributed by atoms with Gasteiger partial charge in [-0.05, 0) is 56.2 Å². The minimum absolute atomic E-state index is 0.189. The van der Waals surface area contributed by atoms with Crippen LogP contribution >= 0.6 is 11.6 Å². The zero-order valence-corrected chi connectivity index (χ0v) is 18.7. The van der Waals surface area contributed by atoms with Crippen molar-refractivity contribution in [3.63, 3.8) is 0 Å². The van der Waals surface area contributed by atoms with Crippen molar-refractivity contribution in [2.45, 2.75) is 46.6 Å². The third-order valence-electron chi connectivity index (χ3n) is 4.70. The summed E-state index contributed by atoms with van der Waals surface area (Å²) in [5.74, 6) is 0.987. The van der Waals surface area contributed by atoms with Crippen LogP contribution in [0.25, 0.3) is 11.3 Å². The van der Waals surface area contributed by atoms with Gasteiger partial charge in [-0.1, -0.05) is 37.6 Å². The summed E-state index contributed by atoms with van der Waals surface area (Å²) in [6.07, 6.45) is 4.07. The first-order valence-corrected chi connectivity index (χ1v) is 10.4. The lowest BCUT2D eigenvalue weighted by atomic mass is 9.97. The van der Waals surface area contributed by atoms with Gasteiger partial charge in [0.2, 0.25) is 0 Å². The molecule has 2 aromatic carbocycles. The zero-order valence-electron chi connectivity index (χ0n) is 17.9. The predicted molar refractivity (Wildman–Crippen MR) is 121 cm³/mol. The Kier molecular flexibility index (Phi) is 6.42. The number of hydrogen-bond acceptors (Lipinski definition) is 4. The summed E-state index contributed by atoms with van der Waals surface area (Å²) in [7, 11) is 0. The molecule has 0 aliphatic carbocycles. The van der Waals surface area contributed by atoms with Crippen LogP contribution in [0.1, 0.15) is 49.2 Å². The molecule has 2 heterocycles. The van der Waals surface area contributed by atoms with Gasteiger partial charge >= 0.3 is 0 Å². The average Bonchev–Trinajstić information content (AvgIpc) is 3.02. The molecule has 0 saturated carbocycles. The van der Waals surface area contributed by atoms with Crippen molar-refractivity contribution >= 4 is 23.3 Å². The number of nitrogens with one attached hydrogen (secondary N) is 1. The van der Waals surface area contributed by atoms with Crippen LogP contribution in [0.2, 0.25) is 5.02 Å². The summed E-state index contributed by atoms with van der Waals surface area (Å²) >= 11 is 6.07. The maximum absolute atomic E-state index is 12.4. The third-order valence-corrected chi connectivity index (χ3v) is 5.03. The molecule has 0 atom stereocenters. The van der Waals surface area contributed by atoms with E-state index in [2.05, 4.69) is 35.2 Å². The lowest BCUT2D eigenvalue weighted by Gasteiger charge is -2.16. The van der Waals surface area contributed by atoms with Crippen molar-refractivity contribution in [3.8, 4) is 17.0 Å². The highest BCUT2D eigenvalue weighted by molar-refractivity contribution is 6.34. The summed E-state index contributed by atoms with van der Waals surface area (Å²) in [4.78, 5) is 21.2. The topological polar surface area (TPSA) is 64.1 Å². The van der Waals surface area contributed by atoms with E-state index in [1.807, 2.05) is 26.8 Å². The van der Waals surface area contributed by atoms with E-state index in [0.717, 1.165) is 29.0 Å². The van der Waals surface area contributed by atoms with Crippen molar-refractivity contribution in [2.24, 2.45) is 0 Å². The highest BCUT2D eigenvalue weighted by Gasteiger charge is 2.30. The Morgan fingerprint density at radius 1 is 1.13 bits per heavy atom. The molecule has 1 aromatic heterocycles. The molecule has 4 rings (SSSR count). The fraction of sp³-hybridized carbons (Fsp3) is 0.292. The first-order chi connectivity index (χ1) is 14.3. The molecule has 0 bridgehead atoms. The Morgan fingerprint density at radius 3 is 2.53 bits per heavy atom. The van der Waals surface area contributed by atoms with Gasteiger partial charge in [-0.3, -0.25) is 9.78 Å². The van der Waals surface area contributed by atoms with Crippen molar-refractivity contribution in [3.05, 3.63) is 70.5 Å². The number of hydrogen-bond donors (Lipinski definition) is 1. The number of benzene rings is 2. The molecule has 5 nitrogen and oxygen atoms in total. The van der Waals surface area contributed by atoms with Gasteiger partial charge in [0, 0.05) is 12.0 Å². The minimum Gasteiger partial charge on any atom is -0.487 e. The van der Waals surface area contributed by atoms with E-state index < -0.39 is 0 Å². The first kappa shape index (κ1) is 21.8. The number of fused-ring (bicyclic) bond motifs is 1. The lowest BCUT2D eigenvalue weighted by molar-refractivity contribution is 0.102. The number of amides is 1. The summed E-state index contributed by atoms with van der Waals surface area (Å²) in [6, 6.07) is 11.0. The van der Waals surface area contributed by atoms with E-state index in [0.29, 0.717) is 16.4 Å². The number of aromatic nitrogens is 2. The lowest BCUT2D eigenvalue weighted by Crippen LogP contribution is -2.24. The largest absolute Gasteiger partial charge is 0.487 e. The molecule has 0 fully saturated rings. The first-order valence-electron chi connectivity index (χ1n) is 10.0. The number of nitrogens with zero attached hydrogens (tertiary/aromatic N) is 2. The molecule has 1 N–H and O–H groups in total. The van der Waals surface area contributed by atoms with Gasteiger partial charge in [0.25, 0.3) is 5.91 Å². The van der Waals surface area contributed by atoms with Crippen LogP contribution < -0.4 is 10.1 Å². The van der Waals surface area contributed by atoms with Crippen molar-refractivity contribution in [1.82, 2.24) is 9.97 Å². The molecule has 1 aliphatic rings. The van der Waals surface area contributed by atoms with E-state index in [-0.39, 0.29) is 11.5 Å². The van der Waals surface area contributed by atoms with Gasteiger partial charge in [0.05, 0.1) is 28.7 Å². The second kappa shape index (κ2) is 8.84. The minimum atomic E-state index is -0.319. The third kappa shape index (κ3) is 4.62. The fourth-order valence-corrected chi connectivity index (χ4v) is 3.61. The quantitative estimate of drug-likeness (QED) is 0.553. The van der Waals surface area contributed by atoms with Crippen molar-refractivity contribution in [1.29, 1.82) is 0 Å². The van der Waals surface area contributed by atoms with Crippen LogP contribution in [-0.2, 0) is 6.42 Å². The van der Waals surface area contributed by atoms with Gasteiger partial charge in [-0.15, -0.1) is 0 Å². The molecule has 1 amide bonds. The number of rotatable bonds is 3. The van der Waals surface area contributed by atoms with Crippen LogP contribution in [0.3, 0.4) is 0 Å². The Bertz CT molecular complexity index is 1060. The monoisotopic (exact) mass is 423 g/mol. The molecule has 6 heteroatoms. The fourth-order valence-electron chi connectivity index (χ4n) is 3.39. The van der Waals surface area contributed by atoms with E-state index >= 15 is 0 Å². The van der Waals surface area contributed by atoms with E-state index in [1.54, 1.807) is 36.7 Å².